The molecule has 0 unspecified atom stereocenters. The smallest absolute Gasteiger partial charge is 0.357 e. The van der Waals surface area contributed by atoms with E-state index in [1.807, 2.05) is 35.9 Å². The topological polar surface area (TPSA) is 92.4 Å². The van der Waals surface area contributed by atoms with E-state index < -0.39 is 10.3 Å². The summed E-state index contributed by atoms with van der Waals surface area (Å²) in [7, 11) is -4.13. The summed E-state index contributed by atoms with van der Waals surface area (Å²) in [6.45, 7) is 2.04. The second-order valence-corrected chi connectivity index (χ2v) is 5.01. The van der Waals surface area contributed by atoms with Crippen LogP contribution in [0.5, 0.6) is 0 Å². The van der Waals surface area contributed by atoms with Crippen LogP contribution in [0.15, 0.2) is 54.6 Å². The average Bonchev–Trinajstić information content (AvgIpc) is 2.33. The summed E-state index contributed by atoms with van der Waals surface area (Å²) >= 11 is 0. The van der Waals surface area contributed by atoms with E-state index >= 15 is 0 Å². The fraction of sp³-hybridized carbons (Fsp3) is 0.0769. The third-order valence-electron chi connectivity index (χ3n) is 2.10. The summed E-state index contributed by atoms with van der Waals surface area (Å²) in [4.78, 5) is 0. The summed E-state index contributed by atoms with van der Waals surface area (Å²) in [5.74, 6) is 0. The van der Waals surface area contributed by atoms with Crippen LogP contribution in [0.25, 0.3) is 0 Å². The van der Waals surface area contributed by atoms with Crippen molar-refractivity contribution in [2.45, 2.75) is 6.92 Å². The standard InChI is InChI=1S/C7H9N.C6H7NO3S/c1-6-2-4-7(8)5-3-6;8-11(9,10)7-6-4-2-1-3-5-6/h2-5H,8H2,1H3;1-5,7H,(H,8,9,10). The second-order valence-electron chi connectivity index (χ2n) is 3.85. The van der Waals surface area contributed by atoms with Crippen LogP contribution in [0.4, 0.5) is 11.4 Å². The molecule has 6 heteroatoms. The number of benzene rings is 2. The van der Waals surface area contributed by atoms with Crippen LogP contribution in [-0.2, 0) is 10.3 Å². The maximum atomic E-state index is 10.2. The summed E-state index contributed by atoms with van der Waals surface area (Å²) in [5.41, 5.74) is 7.85. The van der Waals surface area contributed by atoms with E-state index in [0.717, 1.165) is 5.69 Å². The fourth-order valence-electron chi connectivity index (χ4n) is 1.22. The molecular formula is C13H16N2O3S. The highest BCUT2D eigenvalue weighted by Crippen LogP contribution is 2.05. The van der Waals surface area contributed by atoms with Crippen molar-refractivity contribution in [3.05, 3.63) is 60.2 Å². The predicted molar refractivity (Wildman–Crippen MR) is 77.2 cm³/mol. The summed E-state index contributed by atoms with van der Waals surface area (Å²) in [6.07, 6.45) is 0. The molecule has 19 heavy (non-hydrogen) atoms. The molecule has 0 aliphatic rings. The number of para-hydroxylation sites is 1. The molecule has 0 aromatic heterocycles. The van der Waals surface area contributed by atoms with Gasteiger partial charge < -0.3 is 5.73 Å². The van der Waals surface area contributed by atoms with Gasteiger partial charge in [0.25, 0.3) is 0 Å². The normalized spacial score (nSPS) is 10.2. The van der Waals surface area contributed by atoms with Crippen LogP contribution in [0.3, 0.4) is 0 Å². The van der Waals surface area contributed by atoms with Gasteiger partial charge in [-0.3, -0.25) is 9.27 Å². The molecule has 0 atom stereocenters. The zero-order valence-electron chi connectivity index (χ0n) is 10.4. The molecule has 0 aliphatic carbocycles. The van der Waals surface area contributed by atoms with Gasteiger partial charge in [0.05, 0.1) is 5.69 Å². The molecule has 2 rings (SSSR count). The highest BCUT2D eigenvalue weighted by atomic mass is 32.2. The molecule has 0 heterocycles. The van der Waals surface area contributed by atoms with Crippen molar-refractivity contribution in [1.29, 1.82) is 0 Å². The molecule has 0 saturated carbocycles. The Morgan fingerprint density at radius 3 is 1.95 bits per heavy atom. The molecule has 0 spiro atoms. The number of hydrogen-bond donors (Lipinski definition) is 3. The lowest BCUT2D eigenvalue weighted by molar-refractivity contribution is 0.490. The predicted octanol–water partition coefficient (Wildman–Crippen LogP) is 2.48. The molecule has 0 bridgehead atoms. The fourth-order valence-corrected chi connectivity index (χ4v) is 1.66. The van der Waals surface area contributed by atoms with Gasteiger partial charge in [-0.2, -0.15) is 8.42 Å². The van der Waals surface area contributed by atoms with Crippen LogP contribution >= 0.6 is 0 Å². The molecule has 0 amide bonds. The molecule has 5 nitrogen and oxygen atoms in total. The summed E-state index contributed by atoms with van der Waals surface area (Å²) in [5, 5.41) is 0. The highest BCUT2D eigenvalue weighted by molar-refractivity contribution is 7.87. The van der Waals surface area contributed by atoms with E-state index in [1.54, 1.807) is 18.2 Å². The zero-order valence-corrected chi connectivity index (χ0v) is 11.3. The molecule has 0 aliphatic heterocycles. The van der Waals surface area contributed by atoms with E-state index in [0.29, 0.717) is 5.69 Å². The van der Waals surface area contributed by atoms with Gasteiger partial charge in [0, 0.05) is 5.69 Å². The number of aryl methyl sites for hydroxylation is 1. The SMILES string of the molecule is Cc1ccc(N)cc1.O=S(=O)(O)Nc1ccccc1. The van der Waals surface area contributed by atoms with Crippen molar-refractivity contribution in [3.8, 4) is 0 Å². The Labute approximate surface area is 113 Å². The lowest BCUT2D eigenvalue weighted by atomic mass is 10.2. The van der Waals surface area contributed by atoms with E-state index in [-0.39, 0.29) is 0 Å². The quantitative estimate of drug-likeness (QED) is 0.582. The number of nitrogens with two attached hydrogens (primary N) is 1. The van der Waals surface area contributed by atoms with E-state index in [9.17, 15) is 8.42 Å². The number of nitrogens with one attached hydrogen (secondary N) is 1. The van der Waals surface area contributed by atoms with Gasteiger partial charge in [-0.05, 0) is 31.2 Å². The van der Waals surface area contributed by atoms with Gasteiger partial charge in [0.15, 0.2) is 0 Å². The van der Waals surface area contributed by atoms with Crippen LogP contribution in [0, 0.1) is 6.92 Å². The zero-order chi connectivity index (χ0) is 14.3. The van der Waals surface area contributed by atoms with E-state index in [2.05, 4.69) is 0 Å². The number of anilines is 2. The Morgan fingerprint density at radius 2 is 1.53 bits per heavy atom. The first-order chi connectivity index (χ1) is 8.87. The average molecular weight is 280 g/mol. The maximum absolute atomic E-state index is 10.2. The number of rotatable bonds is 2. The van der Waals surface area contributed by atoms with Gasteiger partial charge in [0.1, 0.15) is 0 Å². The van der Waals surface area contributed by atoms with E-state index in [4.69, 9.17) is 10.3 Å². The van der Waals surface area contributed by atoms with Crippen LogP contribution in [-0.4, -0.2) is 13.0 Å². The molecule has 2 aromatic carbocycles. The van der Waals surface area contributed by atoms with E-state index in [1.165, 1.54) is 17.7 Å². The maximum Gasteiger partial charge on any atom is 0.357 e. The lowest BCUT2D eigenvalue weighted by Crippen LogP contribution is -2.09. The Morgan fingerprint density at radius 1 is 1.00 bits per heavy atom. The third kappa shape index (κ3) is 7.07. The molecule has 2 aromatic rings. The first-order valence-corrected chi connectivity index (χ1v) is 6.93. The van der Waals surface area contributed by atoms with Crippen molar-refractivity contribution >= 4 is 21.7 Å². The third-order valence-corrected chi connectivity index (χ3v) is 2.59. The number of nitrogen functional groups attached to an aromatic ring is 1. The minimum atomic E-state index is -4.13. The minimum absolute atomic E-state index is 0.343. The highest BCUT2D eigenvalue weighted by Gasteiger charge is 2.00. The molecule has 0 radical (unpaired) electrons. The molecular weight excluding hydrogens is 264 g/mol. The first-order valence-electron chi connectivity index (χ1n) is 5.49. The molecule has 0 saturated heterocycles. The van der Waals surface area contributed by atoms with Gasteiger partial charge in [0.2, 0.25) is 0 Å². The van der Waals surface area contributed by atoms with Gasteiger partial charge in [-0.1, -0.05) is 35.9 Å². The van der Waals surface area contributed by atoms with Gasteiger partial charge in [-0.15, -0.1) is 0 Å². The lowest BCUT2D eigenvalue weighted by Gasteiger charge is -1.99. The number of hydrogen-bond acceptors (Lipinski definition) is 3. The van der Waals surface area contributed by atoms with Gasteiger partial charge >= 0.3 is 10.3 Å². The van der Waals surface area contributed by atoms with Crippen molar-refractivity contribution in [3.63, 3.8) is 0 Å². The van der Waals surface area contributed by atoms with Crippen LogP contribution in [0.1, 0.15) is 5.56 Å². The van der Waals surface area contributed by atoms with Crippen molar-refractivity contribution in [2.24, 2.45) is 0 Å². The van der Waals surface area contributed by atoms with Crippen molar-refractivity contribution < 1.29 is 13.0 Å². The summed E-state index contributed by atoms with van der Waals surface area (Å²) in [6, 6.07) is 15.9. The van der Waals surface area contributed by atoms with Crippen molar-refractivity contribution in [2.75, 3.05) is 10.5 Å². The van der Waals surface area contributed by atoms with Gasteiger partial charge in [-0.25, -0.2) is 0 Å². The Bertz CT molecular complexity index is 575. The molecule has 102 valence electrons. The molecule has 4 N–H and O–H groups in total. The second kappa shape index (κ2) is 6.77. The Hall–Kier alpha value is -2.05. The summed E-state index contributed by atoms with van der Waals surface area (Å²) < 4.78 is 30.7. The van der Waals surface area contributed by atoms with Crippen LogP contribution in [0.2, 0.25) is 0 Å². The van der Waals surface area contributed by atoms with Crippen molar-refractivity contribution in [1.82, 2.24) is 0 Å². The Balaban J connectivity index is 0.000000200. The largest absolute Gasteiger partial charge is 0.399 e. The minimum Gasteiger partial charge on any atom is -0.399 e. The first kappa shape index (κ1) is 15.0. The van der Waals surface area contributed by atoms with Crippen LogP contribution < -0.4 is 10.5 Å². The molecule has 0 fully saturated rings. The Kier molecular flexibility index (Phi) is 5.35. The monoisotopic (exact) mass is 280 g/mol.